The number of alkyl halides is 3. The van der Waals surface area contributed by atoms with Crippen LogP contribution < -0.4 is 14.8 Å². The van der Waals surface area contributed by atoms with Crippen molar-refractivity contribution in [2.24, 2.45) is 7.05 Å². The lowest BCUT2D eigenvalue weighted by Crippen LogP contribution is -2.12. The summed E-state index contributed by atoms with van der Waals surface area (Å²) in [6, 6.07) is 23.3. The number of thiophene rings is 2. The van der Waals surface area contributed by atoms with Crippen molar-refractivity contribution in [1.29, 1.82) is 0 Å². The summed E-state index contributed by atoms with van der Waals surface area (Å²) >= 11 is 2.83. The number of rotatable bonds is 13. The predicted molar refractivity (Wildman–Crippen MR) is 227 cm³/mol. The quantitative estimate of drug-likeness (QED) is 0.112. The third kappa shape index (κ3) is 7.42. The van der Waals surface area contributed by atoms with Gasteiger partial charge in [-0.1, -0.05) is 42.5 Å². The van der Waals surface area contributed by atoms with Crippen molar-refractivity contribution in [3.63, 3.8) is 0 Å². The van der Waals surface area contributed by atoms with Gasteiger partial charge in [0.1, 0.15) is 21.1 Å². The van der Waals surface area contributed by atoms with Gasteiger partial charge in [-0.15, -0.1) is 22.7 Å². The molecule has 0 spiro atoms. The molecule has 0 aliphatic carbocycles. The highest BCUT2D eigenvalue weighted by Crippen LogP contribution is 2.47. The molecule has 0 amide bonds. The lowest BCUT2D eigenvalue weighted by Gasteiger charge is -2.13. The second-order valence-corrected chi connectivity index (χ2v) is 15.4. The van der Waals surface area contributed by atoms with Crippen LogP contribution in [0.15, 0.2) is 109 Å². The molecule has 0 bridgehead atoms. The van der Waals surface area contributed by atoms with Crippen molar-refractivity contribution in [3.8, 4) is 67.6 Å². The minimum Gasteiger partial charge on any atom is -0.497 e. The minimum absolute atomic E-state index is 0.0527. The molecular formula is C43H34F3N9O3S2. The van der Waals surface area contributed by atoms with Crippen molar-refractivity contribution < 1.29 is 27.4 Å². The van der Waals surface area contributed by atoms with E-state index in [1.165, 1.54) is 17.4 Å². The van der Waals surface area contributed by atoms with Gasteiger partial charge >= 0.3 is 6.18 Å². The molecule has 0 unspecified atom stereocenters. The van der Waals surface area contributed by atoms with Gasteiger partial charge in [0.05, 0.1) is 30.2 Å². The van der Waals surface area contributed by atoms with E-state index in [2.05, 4.69) is 27.4 Å². The Morgan fingerprint density at radius 2 is 1.57 bits per heavy atom. The van der Waals surface area contributed by atoms with E-state index in [9.17, 15) is 13.2 Å². The van der Waals surface area contributed by atoms with Crippen LogP contribution >= 0.6 is 22.7 Å². The van der Waals surface area contributed by atoms with E-state index in [0.717, 1.165) is 49.7 Å². The van der Waals surface area contributed by atoms with Crippen LogP contribution in [0.2, 0.25) is 0 Å². The van der Waals surface area contributed by atoms with Gasteiger partial charge in [0.2, 0.25) is 5.88 Å². The molecule has 0 fully saturated rings. The summed E-state index contributed by atoms with van der Waals surface area (Å²) in [5, 5.41) is 6.12. The number of aromatic nitrogens is 8. The normalized spacial score (nSPS) is 11.8. The van der Waals surface area contributed by atoms with Gasteiger partial charge < -0.3 is 24.1 Å². The number of nitrogens with one attached hydrogen (secondary N) is 1. The van der Waals surface area contributed by atoms with Crippen LogP contribution in [-0.2, 0) is 24.7 Å². The number of hydrogen-bond donors (Lipinski definition) is 1. The largest absolute Gasteiger partial charge is 0.497 e. The molecule has 3 aromatic carbocycles. The Labute approximate surface area is 349 Å². The zero-order chi connectivity index (χ0) is 41.4. The number of halogens is 3. The highest BCUT2D eigenvalue weighted by atomic mass is 32.1. The Kier molecular flexibility index (Phi) is 10.5. The number of fused-ring (bicyclic) bond motifs is 2. The lowest BCUT2D eigenvalue weighted by molar-refractivity contribution is -0.137. The molecule has 6 aromatic heterocycles. The van der Waals surface area contributed by atoms with Crippen LogP contribution in [-0.4, -0.2) is 66.4 Å². The van der Waals surface area contributed by atoms with Crippen LogP contribution in [0.5, 0.6) is 11.6 Å². The Morgan fingerprint density at radius 1 is 0.800 bits per heavy atom. The third-order valence-electron chi connectivity index (χ3n) is 9.73. The maximum atomic E-state index is 13.7. The molecule has 6 heterocycles. The Morgan fingerprint density at radius 3 is 2.32 bits per heavy atom. The topological polar surface area (TPSA) is 127 Å². The van der Waals surface area contributed by atoms with Crippen LogP contribution in [0.1, 0.15) is 5.56 Å². The zero-order valence-corrected chi connectivity index (χ0v) is 33.9. The first-order valence-corrected chi connectivity index (χ1v) is 20.3. The van der Waals surface area contributed by atoms with E-state index >= 15 is 0 Å². The van der Waals surface area contributed by atoms with Gasteiger partial charge in [-0.3, -0.25) is 4.57 Å². The molecule has 0 atom stereocenters. The molecule has 9 rings (SSSR count). The van der Waals surface area contributed by atoms with Gasteiger partial charge in [0.25, 0.3) is 0 Å². The Balaban J connectivity index is 1.13. The third-order valence-corrected chi connectivity index (χ3v) is 11.8. The number of methoxy groups -OCH3 is 2. The molecule has 0 aliphatic heterocycles. The van der Waals surface area contributed by atoms with Crippen LogP contribution in [0, 0.1) is 0 Å². The minimum atomic E-state index is -4.51. The summed E-state index contributed by atoms with van der Waals surface area (Å²) in [5.41, 5.74) is 3.58. The number of anilines is 1. The van der Waals surface area contributed by atoms with Crippen LogP contribution in [0.3, 0.4) is 0 Å². The second-order valence-electron chi connectivity index (χ2n) is 13.5. The first-order valence-electron chi connectivity index (χ1n) is 18.6. The highest BCUT2D eigenvalue weighted by Gasteiger charge is 2.31. The Hall–Kier alpha value is -6.69. The van der Waals surface area contributed by atoms with Gasteiger partial charge in [-0.05, 0) is 53.1 Å². The van der Waals surface area contributed by atoms with E-state index in [1.54, 1.807) is 78.0 Å². The van der Waals surface area contributed by atoms with Gasteiger partial charge in [-0.25, -0.2) is 24.9 Å². The summed E-state index contributed by atoms with van der Waals surface area (Å²) in [7, 11) is 5.10. The van der Waals surface area contributed by atoms with E-state index in [4.69, 9.17) is 34.1 Å². The molecule has 0 saturated heterocycles. The number of hydrogen-bond acceptors (Lipinski definition) is 12. The Bertz CT molecular complexity index is 2960. The molecule has 9 aromatic rings. The van der Waals surface area contributed by atoms with Crippen molar-refractivity contribution in [3.05, 3.63) is 115 Å². The molecule has 302 valence electrons. The number of ether oxygens (including phenoxy) is 3. The second kappa shape index (κ2) is 16.2. The van der Waals surface area contributed by atoms with E-state index < -0.39 is 11.7 Å². The van der Waals surface area contributed by atoms with E-state index in [1.807, 2.05) is 42.5 Å². The number of nitrogens with zero attached hydrogens (tertiary/aromatic N) is 8. The van der Waals surface area contributed by atoms with E-state index in [0.29, 0.717) is 57.8 Å². The maximum Gasteiger partial charge on any atom is 0.416 e. The van der Waals surface area contributed by atoms with E-state index in [-0.39, 0.29) is 18.4 Å². The molecule has 1 N–H and O–H groups in total. The fraction of sp³-hybridized carbons (Fsp3) is 0.163. The van der Waals surface area contributed by atoms with Crippen molar-refractivity contribution in [2.75, 3.05) is 32.7 Å². The lowest BCUT2D eigenvalue weighted by atomic mass is 9.99. The summed E-state index contributed by atoms with van der Waals surface area (Å²) in [6.45, 7) is 0.890. The molecule has 0 saturated carbocycles. The monoisotopic (exact) mass is 845 g/mol. The van der Waals surface area contributed by atoms with Crippen LogP contribution in [0.4, 0.5) is 19.0 Å². The first-order chi connectivity index (χ1) is 29.2. The summed E-state index contributed by atoms with van der Waals surface area (Å²) in [4.78, 5) is 30.6. The smallest absolute Gasteiger partial charge is 0.416 e. The van der Waals surface area contributed by atoms with Crippen molar-refractivity contribution >= 4 is 48.9 Å². The average molecular weight is 846 g/mol. The summed E-state index contributed by atoms with van der Waals surface area (Å²) < 4.78 is 62.6. The highest BCUT2D eigenvalue weighted by molar-refractivity contribution is 7.22. The maximum absolute atomic E-state index is 13.7. The van der Waals surface area contributed by atoms with Crippen molar-refractivity contribution in [2.45, 2.75) is 12.9 Å². The molecule has 0 aliphatic rings. The van der Waals surface area contributed by atoms with Crippen molar-refractivity contribution in [1.82, 2.24) is 39.0 Å². The van der Waals surface area contributed by atoms with Crippen LogP contribution in [0.25, 0.3) is 76.4 Å². The van der Waals surface area contributed by atoms with Gasteiger partial charge in [0.15, 0.2) is 30.0 Å². The predicted octanol–water partition coefficient (Wildman–Crippen LogP) is 10.1. The SMILES string of the molecule is COCCNc1nc(-c2nccn2COc2nc(-c3nccn3C)nc3c(-c4cccc(C(F)(F)F)c4)csc23)nc2sc(-c3ccc(OC)cc3)c(-c3ccccc3)c12. The standard InChI is InChI=1S/C43H34F3N9O3S2/c1-54-19-16-48-39(54)37-50-33-30(27-10-7-11-28(22-27)43(44,45)46)23-59-35(33)41(52-37)58-24-55-20-17-49-40(55)38-51-36(47-18-21-56-2)32-31(25-8-5-4-6-9-25)34(60-42(32)53-38)26-12-14-29(57-3)15-13-26/h4-17,19-20,22-23H,18,21,24H2,1-3H3,(H,47,51,53). The fourth-order valence-corrected chi connectivity index (χ4v) is 8.97. The fourth-order valence-electron chi connectivity index (χ4n) is 6.82. The number of aryl methyl sites for hydroxylation is 1. The molecule has 60 heavy (non-hydrogen) atoms. The molecule has 12 nitrogen and oxygen atoms in total. The molecular weight excluding hydrogens is 812 g/mol. The van der Waals surface area contributed by atoms with Gasteiger partial charge in [-0.2, -0.15) is 18.2 Å². The molecule has 17 heteroatoms. The number of benzene rings is 3. The first kappa shape index (κ1) is 38.8. The zero-order valence-electron chi connectivity index (χ0n) is 32.3. The summed E-state index contributed by atoms with van der Waals surface area (Å²) in [5.74, 6) is 3.12. The molecule has 0 radical (unpaired) electrons. The summed E-state index contributed by atoms with van der Waals surface area (Å²) in [6.07, 6.45) is 2.27. The number of imidazole rings is 2. The van der Waals surface area contributed by atoms with Gasteiger partial charge in [0, 0.05) is 66.9 Å². The average Bonchev–Trinajstić information content (AvgIpc) is 4.09.